The Balaban J connectivity index is 1.03. The molecule has 2 amide bonds. The van der Waals surface area contributed by atoms with Crippen molar-refractivity contribution in [2.45, 2.75) is 63.8 Å². The van der Waals surface area contributed by atoms with E-state index in [1.54, 1.807) is 0 Å². The zero-order valence-electron chi connectivity index (χ0n) is 21.8. The minimum absolute atomic E-state index is 0.0545. The maximum atomic E-state index is 12.6. The van der Waals surface area contributed by atoms with E-state index in [-0.39, 0.29) is 31.1 Å². The number of benzene rings is 2. The summed E-state index contributed by atoms with van der Waals surface area (Å²) in [6, 6.07) is 20.6. The van der Waals surface area contributed by atoms with Crippen molar-refractivity contribution in [1.82, 2.24) is 9.63 Å². The number of carbonyl (C=O) groups excluding carboxylic acids is 4. The third-order valence-corrected chi connectivity index (χ3v) is 7.36. The molecule has 202 valence electrons. The molecule has 5 rings (SSSR count). The van der Waals surface area contributed by atoms with Crippen molar-refractivity contribution in [1.29, 1.82) is 0 Å². The second-order valence-electron chi connectivity index (χ2n) is 9.96. The smallest absolute Gasteiger partial charge is 0.333 e. The number of hydrogen-bond donors (Lipinski definition) is 0. The molecule has 2 aromatic carbocycles. The number of ether oxygens (including phenoxy) is 1. The van der Waals surface area contributed by atoms with Crippen molar-refractivity contribution in [3.63, 3.8) is 0 Å². The topological polar surface area (TPSA) is 94.9 Å². The van der Waals surface area contributed by atoms with Gasteiger partial charge in [-0.1, -0.05) is 55.0 Å². The van der Waals surface area contributed by atoms with Gasteiger partial charge in [-0.25, -0.2) is 4.79 Å². The lowest BCUT2D eigenvalue weighted by atomic mass is 9.98. The van der Waals surface area contributed by atoms with Crippen molar-refractivity contribution < 1.29 is 28.8 Å². The zero-order valence-corrected chi connectivity index (χ0v) is 21.8. The molecule has 1 aliphatic carbocycles. The molecule has 8 heteroatoms. The largest absolute Gasteiger partial charge is 0.465 e. The first-order valence-electron chi connectivity index (χ1n) is 13.6. The third kappa shape index (κ3) is 6.11. The van der Waals surface area contributed by atoms with Crippen LogP contribution in [0.3, 0.4) is 0 Å². The summed E-state index contributed by atoms with van der Waals surface area (Å²) in [5.74, 6) is -1.65. The summed E-state index contributed by atoms with van der Waals surface area (Å²) in [7, 11) is 0. The van der Waals surface area contributed by atoms with Crippen molar-refractivity contribution in [3.05, 3.63) is 83.7 Å². The number of unbranched alkanes of at least 4 members (excludes halogenated alkanes) is 2. The number of hydrogen-bond acceptors (Lipinski definition) is 6. The predicted molar refractivity (Wildman–Crippen MR) is 143 cm³/mol. The predicted octanol–water partition coefficient (Wildman–Crippen LogP) is 4.94. The van der Waals surface area contributed by atoms with E-state index in [4.69, 9.17) is 9.57 Å². The number of aryl methyl sites for hydroxylation is 2. The van der Waals surface area contributed by atoms with Crippen LogP contribution < -0.4 is 0 Å². The standard InChI is InChI=1S/C31H32N2O6/c34-28-16-17-29(35)33(28)39-31(37)14-2-1-7-19-32-20-8-9-22(32)15-18-30(36)38-21-27-25-12-5-3-10-23(25)24-11-4-6-13-26(24)27/h3-6,8-13,20,27H,1-2,7,14-19,21H2. The van der Waals surface area contributed by atoms with Gasteiger partial charge in [0.1, 0.15) is 6.61 Å². The van der Waals surface area contributed by atoms with Crippen molar-refractivity contribution in [2.75, 3.05) is 6.61 Å². The molecule has 0 spiro atoms. The molecule has 0 bridgehead atoms. The molecule has 3 aromatic rings. The third-order valence-electron chi connectivity index (χ3n) is 7.36. The van der Waals surface area contributed by atoms with Crippen molar-refractivity contribution in [3.8, 4) is 11.1 Å². The van der Waals surface area contributed by atoms with Gasteiger partial charge in [-0.2, -0.15) is 0 Å². The van der Waals surface area contributed by atoms with Crippen molar-refractivity contribution in [2.24, 2.45) is 0 Å². The maximum Gasteiger partial charge on any atom is 0.333 e. The van der Waals surface area contributed by atoms with Crippen LogP contribution in [0, 0.1) is 0 Å². The lowest BCUT2D eigenvalue weighted by Crippen LogP contribution is -2.31. The van der Waals surface area contributed by atoms with E-state index in [2.05, 4.69) is 28.8 Å². The highest BCUT2D eigenvalue weighted by Gasteiger charge is 2.32. The van der Waals surface area contributed by atoms with E-state index in [1.165, 1.54) is 22.3 Å². The number of rotatable bonds is 12. The number of esters is 1. The average molecular weight is 529 g/mol. The average Bonchev–Trinajstić information content (AvgIpc) is 3.62. The summed E-state index contributed by atoms with van der Waals surface area (Å²) in [5, 5.41) is 0.588. The fourth-order valence-electron chi connectivity index (χ4n) is 5.35. The van der Waals surface area contributed by atoms with Crippen LogP contribution in [0.15, 0.2) is 66.9 Å². The van der Waals surface area contributed by atoms with Crippen molar-refractivity contribution >= 4 is 23.8 Å². The number of imide groups is 1. The van der Waals surface area contributed by atoms with Crippen LogP contribution in [0.1, 0.15) is 67.7 Å². The summed E-state index contributed by atoms with van der Waals surface area (Å²) in [6.07, 6.45) is 5.46. The summed E-state index contributed by atoms with van der Waals surface area (Å²) >= 11 is 0. The maximum absolute atomic E-state index is 12.6. The number of aromatic nitrogens is 1. The molecule has 8 nitrogen and oxygen atoms in total. The molecule has 1 aromatic heterocycles. The van der Waals surface area contributed by atoms with Gasteiger partial charge in [0.25, 0.3) is 11.8 Å². The summed E-state index contributed by atoms with van der Waals surface area (Å²) in [5.41, 5.74) is 5.88. The zero-order chi connectivity index (χ0) is 27.2. The Morgan fingerprint density at radius 1 is 0.769 bits per heavy atom. The molecule has 0 radical (unpaired) electrons. The first-order chi connectivity index (χ1) is 19.0. The van der Waals surface area contributed by atoms with Gasteiger partial charge in [-0.3, -0.25) is 14.4 Å². The Morgan fingerprint density at radius 3 is 2.13 bits per heavy atom. The molecule has 1 fully saturated rings. The summed E-state index contributed by atoms with van der Waals surface area (Å²) < 4.78 is 7.86. The van der Waals surface area contributed by atoms with E-state index in [1.807, 2.05) is 42.6 Å². The molecule has 39 heavy (non-hydrogen) atoms. The fraction of sp³-hybridized carbons (Fsp3) is 0.355. The minimum Gasteiger partial charge on any atom is -0.465 e. The Hall–Kier alpha value is -4.20. The van der Waals surface area contributed by atoms with Crippen LogP contribution in [-0.2, 0) is 41.7 Å². The van der Waals surface area contributed by atoms with Gasteiger partial charge in [-0.05, 0) is 53.6 Å². The number of carbonyl (C=O) groups is 4. The Bertz CT molecular complexity index is 1320. The molecular formula is C31H32N2O6. The van der Waals surface area contributed by atoms with Crippen LogP contribution >= 0.6 is 0 Å². The van der Waals surface area contributed by atoms with Gasteiger partial charge in [0.05, 0.1) is 6.42 Å². The minimum atomic E-state index is -0.566. The van der Waals surface area contributed by atoms with E-state index >= 15 is 0 Å². The quantitative estimate of drug-likeness (QED) is 0.188. The SMILES string of the molecule is O=C(CCc1cccn1CCCCCC(=O)ON1C(=O)CCC1=O)OCC1c2ccccc2-c2ccccc21. The second kappa shape index (κ2) is 12.1. The van der Waals surface area contributed by atoms with Gasteiger partial charge >= 0.3 is 11.9 Å². The van der Waals surface area contributed by atoms with E-state index in [0.29, 0.717) is 30.9 Å². The Labute approximate surface area is 227 Å². The molecule has 0 N–H and O–H groups in total. The Morgan fingerprint density at radius 2 is 1.44 bits per heavy atom. The highest BCUT2D eigenvalue weighted by atomic mass is 16.7. The van der Waals surface area contributed by atoms with Crippen LogP contribution in [0.25, 0.3) is 11.1 Å². The lowest BCUT2D eigenvalue weighted by Gasteiger charge is -2.14. The van der Waals surface area contributed by atoms with E-state index in [9.17, 15) is 19.2 Å². The molecular weight excluding hydrogens is 496 g/mol. The van der Waals surface area contributed by atoms with Gasteiger partial charge in [0, 0.05) is 43.6 Å². The molecule has 2 aliphatic rings. The normalized spacial score (nSPS) is 14.4. The fourth-order valence-corrected chi connectivity index (χ4v) is 5.35. The lowest BCUT2D eigenvalue weighted by molar-refractivity contribution is -0.197. The van der Waals surface area contributed by atoms with Crippen LogP contribution in [0.2, 0.25) is 0 Å². The van der Waals surface area contributed by atoms with Gasteiger partial charge in [0.15, 0.2) is 0 Å². The van der Waals surface area contributed by atoms with Crippen LogP contribution in [-0.4, -0.2) is 40.0 Å². The second-order valence-corrected chi connectivity index (χ2v) is 9.96. The van der Waals surface area contributed by atoms with Gasteiger partial charge in [0.2, 0.25) is 0 Å². The number of amides is 2. The molecule has 0 atom stereocenters. The van der Waals surface area contributed by atoms with Crippen LogP contribution in [0.5, 0.6) is 0 Å². The molecule has 0 unspecified atom stereocenters. The molecule has 1 aliphatic heterocycles. The molecule has 1 saturated heterocycles. The Kier molecular flexibility index (Phi) is 8.20. The monoisotopic (exact) mass is 528 g/mol. The molecule has 0 saturated carbocycles. The highest BCUT2D eigenvalue weighted by Crippen LogP contribution is 2.44. The number of nitrogens with zero attached hydrogens (tertiary/aromatic N) is 2. The highest BCUT2D eigenvalue weighted by molar-refractivity contribution is 6.01. The van der Waals surface area contributed by atoms with Gasteiger partial charge in [-0.15, -0.1) is 5.06 Å². The summed E-state index contributed by atoms with van der Waals surface area (Å²) in [6.45, 7) is 1.10. The number of fused-ring (bicyclic) bond motifs is 3. The molecule has 2 heterocycles. The van der Waals surface area contributed by atoms with E-state index in [0.717, 1.165) is 25.1 Å². The first-order valence-corrected chi connectivity index (χ1v) is 13.6. The van der Waals surface area contributed by atoms with E-state index < -0.39 is 17.8 Å². The number of hydroxylamine groups is 2. The van der Waals surface area contributed by atoms with Crippen LogP contribution in [0.4, 0.5) is 0 Å². The van der Waals surface area contributed by atoms with Gasteiger partial charge < -0.3 is 14.1 Å². The first kappa shape index (κ1) is 26.4. The summed E-state index contributed by atoms with van der Waals surface area (Å²) in [4.78, 5) is 52.5.